The number of nitro groups is 1. The van der Waals surface area contributed by atoms with Gasteiger partial charge in [0.2, 0.25) is 5.91 Å². The SMILES string of the molecule is CC.O=C(Cc1cccc([N+](=O)[O-])c1)N1CCC1. The molecule has 5 heteroatoms. The monoisotopic (exact) mass is 250 g/mol. The number of rotatable bonds is 3. The van der Waals surface area contributed by atoms with Crippen LogP contribution in [0.5, 0.6) is 0 Å². The zero-order valence-corrected chi connectivity index (χ0v) is 10.8. The van der Waals surface area contributed by atoms with E-state index in [-0.39, 0.29) is 18.0 Å². The van der Waals surface area contributed by atoms with Gasteiger partial charge in [0.15, 0.2) is 0 Å². The van der Waals surface area contributed by atoms with Crippen molar-refractivity contribution in [3.63, 3.8) is 0 Å². The number of nitrogens with zero attached hydrogens (tertiary/aromatic N) is 2. The van der Waals surface area contributed by atoms with Crippen LogP contribution in [0.2, 0.25) is 0 Å². The van der Waals surface area contributed by atoms with Crippen LogP contribution < -0.4 is 0 Å². The molecule has 0 unspecified atom stereocenters. The Labute approximate surface area is 107 Å². The second-order valence-electron chi connectivity index (χ2n) is 3.84. The van der Waals surface area contributed by atoms with Gasteiger partial charge < -0.3 is 4.90 Å². The summed E-state index contributed by atoms with van der Waals surface area (Å²) in [6, 6.07) is 6.23. The van der Waals surface area contributed by atoms with E-state index >= 15 is 0 Å². The zero-order chi connectivity index (χ0) is 13.5. The highest BCUT2D eigenvalue weighted by Crippen LogP contribution is 2.15. The number of hydrogen-bond donors (Lipinski definition) is 0. The standard InChI is InChI=1S/C11H12N2O3.C2H6/c14-11(12-5-2-6-12)8-9-3-1-4-10(7-9)13(15)16;1-2/h1,3-4,7H,2,5-6,8H2;1-2H3. The molecule has 1 aromatic carbocycles. The summed E-state index contributed by atoms with van der Waals surface area (Å²) in [5, 5.41) is 10.6. The van der Waals surface area contributed by atoms with Gasteiger partial charge in [0, 0.05) is 25.2 Å². The molecule has 1 heterocycles. The molecule has 0 saturated carbocycles. The molecule has 1 aromatic rings. The third kappa shape index (κ3) is 3.55. The van der Waals surface area contributed by atoms with Crippen LogP contribution >= 0.6 is 0 Å². The van der Waals surface area contributed by atoms with E-state index in [4.69, 9.17) is 0 Å². The van der Waals surface area contributed by atoms with Crippen molar-refractivity contribution in [2.45, 2.75) is 26.7 Å². The summed E-state index contributed by atoms with van der Waals surface area (Å²) in [5.41, 5.74) is 0.736. The van der Waals surface area contributed by atoms with Gasteiger partial charge in [-0.15, -0.1) is 0 Å². The van der Waals surface area contributed by atoms with Gasteiger partial charge in [-0.2, -0.15) is 0 Å². The lowest BCUT2D eigenvalue weighted by Gasteiger charge is -2.30. The highest BCUT2D eigenvalue weighted by Gasteiger charge is 2.20. The van der Waals surface area contributed by atoms with E-state index in [1.807, 2.05) is 13.8 Å². The maximum atomic E-state index is 11.6. The van der Waals surface area contributed by atoms with Crippen molar-refractivity contribution in [3.8, 4) is 0 Å². The summed E-state index contributed by atoms with van der Waals surface area (Å²) < 4.78 is 0. The van der Waals surface area contributed by atoms with Crippen LogP contribution in [0.3, 0.4) is 0 Å². The number of carbonyl (C=O) groups is 1. The largest absolute Gasteiger partial charge is 0.342 e. The van der Waals surface area contributed by atoms with Gasteiger partial charge in [-0.05, 0) is 12.0 Å². The molecular formula is C13H18N2O3. The molecule has 5 nitrogen and oxygen atoms in total. The molecule has 0 N–H and O–H groups in total. The first-order valence-electron chi connectivity index (χ1n) is 6.18. The van der Waals surface area contributed by atoms with Gasteiger partial charge in [0.1, 0.15) is 0 Å². The van der Waals surface area contributed by atoms with Gasteiger partial charge in [0.25, 0.3) is 5.69 Å². The normalized spacial score (nSPS) is 13.1. The Hall–Kier alpha value is -1.91. The molecule has 0 aromatic heterocycles. The zero-order valence-electron chi connectivity index (χ0n) is 10.8. The van der Waals surface area contributed by atoms with Crippen LogP contribution in [0.15, 0.2) is 24.3 Å². The fourth-order valence-corrected chi connectivity index (χ4v) is 1.63. The van der Waals surface area contributed by atoms with E-state index < -0.39 is 4.92 Å². The van der Waals surface area contributed by atoms with Crippen LogP contribution in [-0.2, 0) is 11.2 Å². The first-order valence-corrected chi connectivity index (χ1v) is 6.18. The number of amides is 1. The van der Waals surface area contributed by atoms with Crippen molar-refractivity contribution in [1.29, 1.82) is 0 Å². The Morgan fingerprint density at radius 3 is 2.56 bits per heavy atom. The first-order chi connectivity index (χ1) is 8.66. The maximum absolute atomic E-state index is 11.6. The molecule has 0 aliphatic carbocycles. The van der Waals surface area contributed by atoms with E-state index in [1.165, 1.54) is 12.1 Å². The van der Waals surface area contributed by atoms with E-state index in [0.29, 0.717) is 5.56 Å². The van der Waals surface area contributed by atoms with Crippen molar-refractivity contribution in [2.75, 3.05) is 13.1 Å². The smallest absolute Gasteiger partial charge is 0.269 e. The average Bonchev–Trinajstić information content (AvgIpc) is 2.29. The predicted molar refractivity (Wildman–Crippen MR) is 69.3 cm³/mol. The van der Waals surface area contributed by atoms with E-state index in [0.717, 1.165) is 19.5 Å². The molecule has 98 valence electrons. The number of likely N-dealkylation sites (tertiary alicyclic amines) is 1. The van der Waals surface area contributed by atoms with E-state index in [2.05, 4.69) is 0 Å². The summed E-state index contributed by atoms with van der Waals surface area (Å²) in [5.74, 6) is 0.0479. The summed E-state index contributed by atoms with van der Waals surface area (Å²) in [6.07, 6.45) is 1.31. The fourth-order valence-electron chi connectivity index (χ4n) is 1.63. The van der Waals surface area contributed by atoms with Crippen molar-refractivity contribution < 1.29 is 9.72 Å². The Bertz CT molecular complexity index is 428. The van der Waals surface area contributed by atoms with E-state index in [9.17, 15) is 14.9 Å². The minimum absolute atomic E-state index is 0.0360. The summed E-state index contributed by atoms with van der Waals surface area (Å²) >= 11 is 0. The van der Waals surface area contributed by atoms with Crippen molar-refractivity contribution in [2.24, 2.45) is 0 Å². The maximum Gasteiger partial charge on any atom is 0.269 e. The fraction of sp³-hybridized carbons (Fsp3) is 0.462. The molecule has 0 radical (unpaired) electrons. The third-order valence-corrected chi connectivity index (χ3v) is 2.69. The van der Waals surface area contributed by atoms with Crippen LogP contribution in [0.25, 0.3) is 0 Å². The van der Waals surface area contributed by atoms with Gasteiger partial charge in [-0.3, -0.25) is 14.9 Å². The Morgan fingerprint density at radius 2 is 2.06 bits per heavy atom. The van der Waals surface area contributed by atoms with Crippen molar-refractivity contribution >= 4 is 11.6 Å². The molecular weight excluding hydrogens is 232 g/mol. The van der Waals surface area contributed by atoms with Gasteiger partial charge >= 0.3 is 0 Å². The quantitative estimate of drug-likeness (QED) is 0.611. The highest BCUT2D eigenvalue weighted by atomic mass is 16.6. The Morgan fingerprint density at radius 1 is 1.39 bits per heavy atom. The van der Waals surface area contributed by atoms with Crippen LogP contribution in [0.1, 0.15) is 25.8 Å². The van der Waals surface area contributed by atoms with E-state index in [1.54, 1.807) is 17.0 Å². The summed E-state index contributed by atoms with van der Waals surface area (Å²) in [6.45, 7) is 5.63. The Kier molecular flexibility index (Phi) is 5.30. The van der Waals surface area contributed by atoms with Crippen LogP contribution in [-0.4, -0.2) is 28.8 Å². The summed E-state index contributed by atoms with van der Waals surface area (Å²) in [4.78, 5) is 23.5. The number of carbonyl (C=O) groups excluding carboxylic acids is 1. The lowest BCUT2D eigenvalue weighted by Crippen LogP contribution is -2.42. The lowest BCUT2D eigenvalue weighted by atomic mass is 10.1. The molecule has 1 fully saturated rings. The molecule has 1 amide bonds. The molecule has 0 atom stereocenters. The third-order valence-electron chi connectivity index (χ3n) is 2.69. The second kappa shape index (κ2) is 6.74. The van der Waals surface area contributed by atoms with Gasteiger partial charge in [-0.1, -0.05) is 26.0 Å². The number of hydrogen-bond acceptors (Lipinski definition) is 3. The second-order valence-corrected chi connectivity index (χ2v) is 3.84. The molecule has 18 heavy (non-hydrogen) atoms. The molecule has 1 saturated heterocycles. The average molecular weight is 250 g/mol. The predicted octanol–water partition coefficient (Wildman–Crippen LogP) is 2.40. The molecule has 0 spiro atoms. The van der Waals surface area contributed by atoms with Crippen molar-refractivity contribution in [1.82, 2.24) is 4.90 Å². The summed E-state index contributed by atoms with van der Waals surface area (Å²) in [7, 11) is 0. The Balaban J connectivity index is 0.000000771. The molecule has 1 aliphatic rings. The molecule has 1 aliphatic heterocycles. The number of non-ortho nitro benzene ring substituents is 1. The van der Waals surface area contributed by atoms with Gasteiger partial charge in [0.05, 0.1) is 11.3 Å². The molecule has 2 rings (SSSR count). The van der Waals surface area contributed by atoms with Crippen molar-refractivity contribution in [3.05, 3.63) is 39.9 Å². The molecule has 0 bridgehead atoms. The number of benzene rings is 1. The minimum atomic E-state index is -0.447. The lowest BCUT2D eigenvalue weighted by molar-refractivity contribution is -0.384. The van der Waals surface area contributed by atoms with Crippen LogP contribution in [0.4, 0.5) is 5.69 Å². The topological polar surface area (TPSA) is 63.4 Å². The van der Waals surface area contributed by atoms with Crippen LogP contribution in [0, 0.1) is 10.1 Å². The highest BCUT2D eigenvalue weighted by molar-refractivity contribution is 5.79. The first kappa shape index (κ1) is 14.2. The minimum Gasteiger partial charge on any atom is -0.342 e. The number of nitro benzene ring substituents is 1. The van der Waals surface area contributed by atoms with Gasteiger partial charge in [-0.25, -0.2) is 0 Å².